The van der Waals surface area contributed by atoms with Gasteiger partial charge in [0.2, 0.25) is 11.8 Å². The van der Waals surface area contributed by atoms with Crippen LogP contribution >= 0.6 is 0 Å². The number of fused-ring (bicyclic) bond motifs is 1. The number of hydrogen-bond acceptors (Lipinski definition) is 6. The molecule has 0 saturated carbocycles. The van der Waals surface area contributed by atoms with E-state index in [1.165, 1.54) is 11.0 Å². The molecule has 3 fully saturated rings. The molecule has 4 aliphatic rings. The van der Waals surface area contributed by atoms with Gasteiger partial charge in [-0.15, -0.1) is 0 Å². The first kappa shape index (κ1) is 22.3. The number of likely N-dealkylation sites (tertiary alicyclic amines) is 1. The van der Waals surface area contributed by atoms with Crippen molar-refractivity contribution in [2.24, 2.45) is 5.41 Å². The molecule has 0 aliphatic carbocycles. The third-order valence-electron chi connectivity index (χ3n) is 7.60. The van der Waals surface area contributed by atoms with Crippen LogP contribution in [-0.4, -0.2) is 76.8 Å². The van der Waals surface area contributed by atoms with Crippen LogP contribution in [0.5, 0.6) is 0 Å². The van der Waals surface area contributed by atoms with E-state index in [1.807, 2.05) is 4.90 Å². The van der Waals surface area contributed by atoms with Gasteiger partial charge in [0.05, 0.1) is 16.8 Å². The molecule has 4 aliphatic heterocycles. The summed E-state index contributed by atoms with van der Waals surface area (Å²) in [6, 6.07) is 1.35. The smallest absolute Gasteiger partial charge is 0.407 e. The first-order valence-electron chi connectivity index (χ1n) is 11.5. The summed E-state index contributed by atoms with van der Waals surface area (Å²) in [4.78, 5) is 65.1. The van der Waals surface area contributed by atoms with Gasteiger partial charge < -0.3 is 14.9 Å². The molecule has 3 saturated heterocycles. The fourth-order valence-electron chi connectivity index (χ4n) is 5.72. The van der Waals surface area contributed by atoms with Crippen LogP contribution < -0.4 is 10.2 Å². The Bertz CT molecular complexity index is 1110. The zero-order valence-corrected chi connectivity index (χ0v) is 18.5. The van der Waals surface area contributed by atoms with E-state index in [0.29, 0.717) is 39.0 Å². The van der Waals surface area contributed by atoms with Crippen molar-refractivity contribution in [1.29, 1.82) is 0 Å². The number of benzene rings is 1. The van der Waals surface area contributed by atoms with Crippen molar-refractivity contribution >= 4 is 35.4 Å². The maximum atomic E-state index is 15.2. The summed E-state index contributed by atoms with van der Waals surface area (Å²) in [5, 5.41) is 11.4. The molecule has 0 radical (unpaired) electrons. The van der Waals surface area contributed by atoms with Crippen molar-refractivity contribution < 1.29 is 33.5 Å². The summed E-state index contributed by atoms with van der Waals surface area (Å²) in [5.74, 6) is -3.20. The third kappa shape index (κ3) is 3.59. The van der Waals surface area contributed by atoms with Gasteiger partial charge in [-0.25, -0.2) is 9.18 Å². The zero-order chi connectivity index (χ0) is 24.2. The summed E-state index contributed by atoms with van der Waals surface area (Å²) >= 11 is 0. The molecular weight excluding hydrogens is 447 g/mol. The number of nitrogens with zero attached hydrogens (tertiary/aromatic N) is 3. The van der Waals surface area contributed by atoms with E-state index in [2.05, 4.69) is 5.32 Å². The Morgan fingerprint density at radius 3 is 2.35 bits per heavy atom. The Kier molecular flexibility index (Phi) is 5.29. The molecule has 0 bridgehead atoms. The van der Waals surface area contributed by atoms with E-state index in [1.54, 1.807) is 0 Å². The van der Waals surface area contributed by atoms with Gasteiger partial charge in [0.25, 0.3) is 11.8 Å². The first-order valence-corrected chi connectivity index (χ1v) is 11.5. The standard InChI is InChI=1S/C23H25FN4O6/c24-15-10-13-14(21(32)28(20(13)31)16-2-3-18(29)25-19(16)30)11-17(15)27-7-1-4-23(12-27)5-8-26(9-6-23)22(33)34/h10-11,16H,1-9,12H2,(H,33,34)(H,25,29,30). The highest BCUT2D eigenvalue weighted by atomic mass is 19.1. The molecule has 10 nitrogen and oxygen atoms in total. The number of carboxylic acid groups (broad SMARTS) is 1. The van der Waals surface area contributed by atoms with Gasteiger partial charge in [-0.2, -0.15) is 0 Å². The number of amides is 5. The van der Waals surface area contributed by atoms with Crippen molar-refractivity contribution in [3.8, 4) is 0 Å². The lowest BCUT2D eigenvalue weighted by molar-refractivity contribution is -0.136. The van der Waals surface area contributed by atoms with Gasteiger partial charge in [0.15, 0.2) is 0 Å². The number of anilines is 1. The monoisotopic (exact) mass is 472 g/mol. The van der Waals surface area contributed by atoms with Gasteiger partial charge in [-0.3, -0.25) is 29.4 Å². The van der Waals surface area contributed by atoms with Crippen LogP contribution in [0.15, 0.2) is 12.1 Å². The van der Waals surface area contributed by atoms with Crippen LogP contribution in [0.25, 0.3) is 0 Å². The minimum atomic E-state index is -1.10. The number of nitrogens with one attached hydrogen (secondary N) is 1. The van der Waals surface area contributed by atoms with Crippen molar-refractivity contribution in [3.05, 3.63) is 29.1 Å². The second-order valence-electron chi connectivity index (χ2n) is 9.59. The molecule has 11 heteroatoms. The molecule has 2 N–H and O–H groups in total. The Balaban J connectivity index is 1.39. The fourth-order valence-corrected chi connectivity index (χ4v) is 5.72. The molecule has 180 valence electrons. The largest absolute Gasteiger partial charge is 0.465 e. The summed E-state index contributed by atoms with van der Waals surface area (Å²) in [7, 11) is 0. The molecule has 1 aromatic rings. The number of hydrogen-bond donors (Lipinski definition) is 2. The first-order chi connectivity index (χ1) is 16.2. The van der Waals surface area contributed by atoms with Crippen LogP contribution in [0.3, 0.4) is 0 Å². The molecule has 34 heavy (non-hydrogen) atoms. The summed E-state index contributed by atoms with van der Waals surface area (Å²) in [5.41, 5.74) is 0.0578. The Morgan fingerprint density at radius 2 is 1.71 bits per heavy atom. The molecule has 1 atom stereocenters. The second-order valence-corrected chi connectivity index (χ2v) is 9.59. The average Bonchev–Trinajstić information content (AvgIpc) is 3.03. The van der Waals surface area contributed by atoms with Crippen molar-refractivity contribution in [3.63, 3.8) is 0 Å². The van der Waals surface area contributed by atoms with E-state index in [9.17, 15) is 29.1 Å². The lowest BCUT2D eigenvalue weighted by Crippen LogP contribution is -2.54. The predicted molar refractivity (Wildman–Crippen MR) is 116 cm³/mol. The average molecular weight is 472 g/mol. The van der Waals surface area contributed by atoms with Crippen LogP contribution in [0.1, 0.15) is 59.2 Å². The Morgan fingerprint density at radius 1 is 1.03 bits per heavy atom. The van der Waals surface area contributed by atoms with Gasteiger partial charge in [0.1, 0.15) is 11.9 Å². The lowest BCUT2D eigenvalue weighted by Gasteiger charge is -2.48. The zero-order valence-electron chi connectivity index (χ0n) is 18.5. The van der Waals surface area contributed by atoms with Crippen LogP contribution in [0.2, 0.25) is 0 Å². The van der Waals surface area contributed by atoms with Crippen molar-refractivity contribution in [2.75, 3.05) is 31.1 Å². The van der Waals surface area contributed by atoms with E-state index >= 15 is 4.39 Å². The van der Waals surface area contributed by atoms with Gasteiger partial charge in [0, 0.05) is 32.6 Å². The topological polar surface area (TPSA) is 127 Å². The number of piperidine rings is 3. The number of rotatable bonds is 2. The lowest BCUT2D eigenvalue weighted by atomic mass is 9.72. The van der Waals surface area contributed by atoms with Gasteiger partial charge in [-0.05, 0) is 49.7 Å². The van der Waals surface area contributed by atoms with Crippen LogP contribution in [0, 0.1) is 11.2 Å². The molecular formula is C23H25FN4O6. The molecule has 5 amide bonds. The molecule has 1 unspecified atom stereocenters. The molecule has 5 rings (SSSR count). The van der Waals surface area contributed by atoms with Crippen LogP contribution in [0.4, 0.5) is 14.9 Å². The molecule has 0 aromatic heterocycles. The summed E-state index contributed by atoms with van der Waals surface area (Å²) < 4.78 is 15.2. The predicted octanol–water partition coefficient (Wildman–Crippen LogP) is 1.59. The molecule has 1 aromatic carbocycles. The van der Waals surface area contributed by atoms with Crippen molar-refractivity contribution in [2.45, 2.75) is 44.6 Å². The number of halogens is 1. The SMILES string of the molecule is O=C1CCC(N2C(=O)c3cc(F)c(N4CCCC5(CCN(C(=O)O)CC5)C4)cc3C2=O)C(=O)N1. The van der Waals surface area contributed by atoms with Gasteiger partial charge in [-0.1, -0.05) is 0 Å². The van der Waals surface area contributed by atoms with Crippen molar-refractivity contribution in [1.82, 2.24) is 15.1 Å². The quantitative estimate of drug-likeness (QED) is 0.626. The minimum Gasteiger partial charge on any atom is -0.465 e. The molecule has 1 spiro atoms. The summed E-state index contributed by atoms with van der Waals surface area (Å²) in [6.07, 6.45) is 2.21. The van der Waals surface area contributed by atoms with E-state index < -0.39 is 41.6 Å². The number of carbonyl (C=O) groups is 5. The van der Waals surface area contributed by atoms with E-state index in [0.717, 1.165) is 23.8 Å². The Labute approximate surface area is 194 Å². The van der Waals surface area contributed by atoms with E-state index in [-0.39, 0.29) is 35.1 Å². The van der Waals surface area contributed by atoms with Crippen LogP contribution in [-0.2, 0) is 9.59 Å². The second kappa shape index (κ2) is 8.07. The molecule has 4 heterocycles. The maximum absolute atomic E-state index is 15.2. The Hall–Kier alpha value is -3.50. The minimum absolute atomic E-state index is 0.0125. The number of carbonyl (C=O) groups excluding carboxylic acids is 4. The normalized spacial score (nSPS) is 24.5. The highest BCUT2D eigenvalue weighted by Gasteiger charge is 2.46. The highest BCUT2D eigenvalue weighted by Crippen LogP contribution is 2.42. The van der Waals surface area contributed by atoms with Gasteiger partial charge >= 0.3 is 6.09 Å². The maximum Gasteiger partial charge on any atom is 0.407 e. The highest BCUT2D eigenvalue weighted by molar-refractivity contribution is 6.23. The summed E-state index contributed by atoms with van der Waals surface area (Å²) in [6.45, 7) is 1.99. The third-order valence-corrected chi connectivity index (χ3v) is 7.60. The van der Waals surface area contributed by atoms with E-state index in [4.69, 9.17) is 0 Å². The fraction of sp³-hybridized carbons (Fsp3) is 0.522. The number of imide groups is 2.